The van der Waals surface area contributed by atoms with E-state index in [1.807, 2.05) is 30.3 Å². The van der Waals surface area contributed by atoms with Crippen LogP contribution in [-0.4, -0.2) is 23.6 Å². The van der Waals surface area contributed by atoms with Crippen molar-refractivity contribution >= 4 is 28.2 Å². The normalized spacial score (nSPS) is 10.2. The molecule has 0 spiro atoms. The second-order valence-electron chi connectivity index (χ2n) is 4.00. The Labute approximate surface area is 119 Å². The second kappa shape index (κ2) is 6.83. The smallest absolute Gasteiger partial charge is 0.345 e. The largest absolute Gasteiger partial charge is 0.477 e. The van der Waals surface area contributed by atoms with E-state index in [-0.39, 0.29) is 17.4 Å². The molecular formula is C14H13NO4S. The van der Waals surface area contributed by atoms with E-state index in [4.69, 9.17) is 9.84 Å². The molecular weight excluding hydrogens is 278 g/mol. The molecule has 2 rings (SSSR count). The third-order valence-corrected chi connectivity index (χ3v) is 3.41. The third-order valence-electron chi connectivity index (χ3n) is 2.42. The minimum atomic E-state index is -1.00. The monoisotopic (exact) mass is 291 g/mol. The molecule has 1 heterocycles. The Hall–Kier alpha value is -2.18. The van der Waals surface area contributed by atoms with E-state index in [1.165, 1.54) is 6.07 Å². The number of benzene rings is 1. The van der Waals surface area contributed by atoms with Gasteiger partial charge in [-0.1, -0.05) is 30.3 Å². The van der Waals surface area contributed by atoms with E-state index in [0.29, 0.717) is 11.6 Å². The number of anilines is 1. The van der Waals surface area contributed by atoms with E-state index in [9.17, 15) is 9.59 Å². The number of hydrogen-bond donors (Lipinski definition) is 2. The highest BCUT2D eigenvalue weighted by atomic mass is 32.1. The topological polar surface area (TPSA) is 75.6 Å². The number of amides is 1. The number of hydrogen-bond acceptors (Lipinski definition) is 4. The summed E-state index contributed by atoms with van der Waals surface area (Å²) >= 11 is 1.01. The number of carbonyl (C=O) groups is 2. The van der Waals surface area contributed by atoms with Gasteiger partial charge in [-0.15, -0.1) is 11.3 Å². The molecule has 0 aliphatic heterocycles. The molecule has 0 bridgehead atoms. The van der Waals surface area contributed by atoms with Gasteiger partial charge in [0.15, 0.2) is 0 Å². The summed E-state index contributed by atoms with van der Waals surface area (Å²) in [6.07, 6.45) is 0. The zero-order valence-electron chi connectivity index (χ0n) is 10.5. The lowest BCUT2D eigenvalue weighted by atomic mass is 10.2. The van der Waals surface area contributed by atoms with Crippen molar-refractivity contribution in [1.82, 2.24) is 0 Å². The number of carboxylic acid groups (broad SMARTS) is 1. The fraction of sp³-hybridized carbons (Fsp3) is 0.143. The molecule has 0 atom stereocenters. The van der Waals surface area contributed by atoms with Crippen LogP contribution in [0.15, 0.2) is 42.5 Å². The Morgan fingerprint density at radius 1 is 1.15 bits per heavy atom. The zero-order chi connectivity index (χ0) is 14.4. The fourth-order valence-corrected chi connectivity index (χ4v) is 2.29. The van der Waals surface area contributed by atoms with Crippen molar-refractivity contribution in [1.29, 1.82) is 0 Å². The highest BCUT2D eigenvalue weighted by Crippen LogP contribution is 2.21. The zero-order valence-corrected chi connectivity index (χ0v) is 11.4. The molecule has 0 fully saturated rings. The van der Waals surface area contributed by atoms with Crippen LogP contribution in [0.4, 0.5) is 5.00 Å². The van der Waals surface area contributed by atoms with Crippen molar-refractivity contribution in [2.45, 2.75) is 6.61 Å². The molecule has 6 heteroatoms. The van der Waals surface area contributed by atoms with Crippen LogP contribution in [0.25, 0.3) is 0 Å². The first-order valence-electron chi connectivity index (χ1n) is 5.90. The number of thiophene rings is 1. The maximum Gasteiger partial charge on any atom is 0.345 e. The number of ether oxygens (including phenoxy) is 1. The number of carbonyl (C=O) groups excluding carboxylic acids is 1. The summed E-state index contributed by atoms with van der Waals surface area (Å²) in [4.78, 5) is 22.5. The van der Waals surface area contributed by atoms with Crippen molar-refractivity contribution in [2.24, 2.45) is 0 Å². The summed E-state index contributed by atoms with van der Waals surface area (Å²) in [6.45, 7) is 0.286. The van der Waals surface area contributed by atoms with Crippen LogP contribution in [0.1, 0.15) is 15.2 Å². The molecule has 104 valence electrons. The standard InChI is InChI=1S/C14H13NO4S/c16-12(9-19-8-10-4-2-1-3-5-10)15-13-7-6-11(20-13)14(17)18/h1-7H,8-9H2,(H,15,16)(H,17,18). The SMILES string of the molecule is O=C(COCc1ccccc1)Nc1ccc(C(=O)O)s1. The lowest BCUT2D eigenvalue weighted by Gasteiger charge is -2.04. The van der Waals surface area contributed by atoms with Crippen LogP contribution in [-0.2, 0) is 16.1 Å². The number of aromatic carboxylic acids is 1. The Morgan fingerprint density at radius 3 is 2.55 bits per heavy atom. The maximum atomic E-state index is 11.6. The highest BCUT2D eigenvalue weighted by Gasteiger charge is 2.09. The Balaban J connectivity index is 1.76. The summed E-state index contributed by atoms with van der Waals surface area (Å²) in [6, 6.07) is 12.5. The van der Waals surface area contributed by atoms with Gasteiger partial charge in [-0.05, 0) is 17.7 Å². The molecule has 1 aromatic heterocycles. The maximum absolute atomic E-state index is 11.6. The molecule has 0 aliphatic carbocycles. The summed E-state index contributed by atoms with van der Waals surface area (Å²) in [7, 11) is 0. The van der Waals surface area contributed by atoms with Gasteiger partial charge in [-0.3, -0.25) is 4.79 Å². The van der Waals surface area contributed by atoms with E-state index < -0.39 is 5.97 Å². The molecule has 2 N–H and O–H groups in total. The van der Waals surface area contributed by atoms with Gasteiger partial charge < -0.3 is 15.2 Å². The van der Waals surface area contributed by atoms with Crippen molar-refractivity contribution in [3.05, 3.63) is 52.9 Å². The quantitative estimate of drug-likeness (QED) is 0.857. The lowest BCUT2D eigenvalue weighted by Crippen LogP contribution is -2.17. The molecule has 0 unspecified atom stereocenters. The Kier molecular flexibility index (Phi) is 4.86. The minimum absolute atomic E-state index is 0.0742. The van der Waals surface area contributed by atoms with E-state index in [2.05, 4.69) is 5.32 Å². The highest BCUT2D eigenvalue weighted by molar-refractivity contribution is 7.18. The third kappa shape index (κ3) is 4.18. The van der Waals surface area contributed by atoms with E-state index in [0.717, 1.165) is 16.9 Å². The minimum Gasteiger partial charge on any atom is -0.477 e. The summed E-state index contributed by atoms with van der Waals surface area (Å²) in [5, 5.41) is 11.9. The van der Waals surface area contributed by atoms with Gasteiger partial charge in [0.2, 0.25) is 0 Å². The molecule has 5 nitrogen and oxygen atoms in total. The van der Waals surface area contributed by atoms with Gasteiger partial charge in [-0.2, -0.15) is 0 Å². The first-order chi connectivity index (χ1) is 9.65. The molecule has 0 saturated heterocycles. The van der Waals surface area contributed by atoms with Crippen molar-refractivity contribution in [3.8, 4) is 0 Å². The molecule has 1 aromatic carbocycles. The van der Waals surface area contributed by atoms with Crippen molar-refractivity contribution in [2.75, 3.05) is 11.9 Å². The van der Waals surface area contributed by atoms with Crippen LogP contribution in [0.5, 0.6) is 0 Å². The van der Waals surface area contributed by atoms with E-state index in [1.54, 1.807) is 6.07 Å². The Morgan fingerprint density at radius 2 is 1.90 bits per heavy atom. The number of rotatable bonds is 6. The van der Waals surface area contributed by atoms with Crippen LogP contribution >= 0.6 is 11.3 Å². The molecule has 2 aromatic rings. The fourth-order valence-electron chi connectivity index (χ4n) is 1.53. The lowest BCUT2D eigenvalue weighted by molar-refractivity contribution is -0.120. The molecule has 0 aliphatic rings. The van der Waals surface area contributed by atoms with Gasteiger partial charge in [0.1, 0.15) is 11.5 Å². The molecule has 1 amide bonds. The van der Waals surface area contributed by atoms with Crippen LogP contribution < -0.4 is 5.32 Å². The van der Waals surface area contributed by atoms with Crippen LogP contribution in [0, 0.1) is 0 Å². The van der Waals surface area contributed by atoms with Crippen LogP contribution in [0.2, 0.25) is 0 Å². The predicted octanol–water partition coefficient (Wildman–Crippen LogP) is 2.60. The first kappa shape index (κ1) is 14.2. The van der Waals surface area contributed by atoms with Crippen LogP contribution in [0.3, 0.4) is 0 Å². The number of carboxylic acids is 1. The van der Waals surface area contributed by atoms with E-state index >= 15 is 0 Å². The van der Waals surface area contributed by atoms with Crippen molar-refractivity contribution < 1.29 is 19.4 Å². The van der Waals surface area contributed by atoms with Gasteiger partial charge in [0, 0.05) is 0 Å². The average molecular weight is 291 g/mol. The average Bonchev–Trinajstić information content (AvgIpc) is 2.88. The van der Waals surface area contributed by atoms with Gasteiger partial charge in [-0.25, -0.2) is 4.79 Å². The summed E-state index contributed by atoms with van der Waals surface area (Å²) in [5.41, 5.74) is 0.990. The summed E-state index contributed by atoms with van der Waals surface area (Å²) < 4.78 is 5.28. The second-order valence-corrected chi connectivity index (χ2v) is 5.08. The summed E-state index contributed by atoms with van der Waals surface area (Å²) in [5.74, 6) is -1.31. The predicted molar refractivity (Wildman–Crippen MR) is 76.0 cm³/mol. The molecule has 20 heavy (non-hydrogen) atoms. The molecule has 0 saturated carbocycles. The van der Waals surface area contributed by atoms with Gasteiger partial charge in [0.05, 0.1) is 11.6 Å². The Bertz CT molecular complexity index is 594. The van der Waals surface area contributed by atoms with Gasteiger partial charge in [0.25, 0.3) is 5.91 Å². The molecule has 0 radical (unpaired) electrons. The van der Waals surface area contributed by atoms with Crippen molar-refractivity contribution in [3.63, 3.8) is 0 Å². The first-order valence-corrected chi connectivity index (χ1v) is 6.71. The number of nitrogens with one attached hydrogen (secondary N) is 1. The van der Waals surface area contributed by atoms with Gasteiger partial charge >= 0.3 is 5.97 Å².